The SMILES string of the molecule is C[C@@H](O)[C@@H](O)c1ccccc1. The van der Waals surface area contributed by atoms with Crippen LogP contribution >= 0.6 is 0 Å². The van der Waals surface area contributed by atoms with Crippen LogP contribution in [0.1, 0.15) is 18.6 Å². The molecule has 0 aliphatic carbocycles. The van der Waals surface area contributed by atoms with Crippen LogP contribution in [-0.4, -0.2) is 16.3 Å². The number of benzene rings is 1. The second-order valence-corrected chi connectivity index (χ2v) is 2.60. The van der Waals surface area contributed by atoms with Crippen molar-refractivity contribution in [3.05, 3.63) is 35.9 Å². The number of rotatable bonds is 2. The summed E-state index contributed by atoms with van der Waals surface area (Å²) in [6.07, 6.45) is -1.48. The Morgan fingerprint density at radius 3 is 2.09 bits per heavy atom. The topological polar surface area (TPSA) is 40.5 Å². The molecular weight excluding hydrogens is 140 g/mol. The Hall–Kier alpha value is -0.860. The van der Waals surface area contributed by atoms with Crippen LogP contribution in [0.25, 0.3) is 0 Å². The van der Waals surface area contributed by atoms with E-state index >= 15 is 0 Å². The number of hydrogen-bond donors (Lipinski definition) is 2. The molecule has 0 aliphatic rings. The largest absolute Gasteiger partial charge is 0.390 e. The molecule has 2 nitrogen and oxygen atoms in total. The van der Waals surface area contributed by atoms with Gasteiger partial charge in [-0.25, -0.2) is 0 Å². The molecule has 60 valence electrons. The third kappa shape index (κ3) is 2.03. The molecule has 11 heavy (non-hydrogen) atoms. The van der Waals surface area contributed by atoms with Crippen molar-refractivity contribution in [1.82, 2.24) is 0 Å². The third-order valence-electron chi connectivity index (χ3n) is 1.60. The van der Waals surface area contributed by atoms with Gasteiger partial charge >= 0.3 is 0 Å². The van der Waals surface area contributed by atoms with Crippen molar-refractivity contribution in [2.24, 2.45) is 0 Å². The zero-order chi connectivity index (χ0) is 8.27. The van der Waals surface area contributed by atoms with Crippen LogP contribution in [0.4, 0.5) is 0 Å². The van der Waals surface area contributed by atoms with Crippen molar-refractivity contribution in [2.75, 3.05) is 0 Å². The minimum Gasteiger partial charge on any atom is -0.390 e. The van der Waals surface area contributed by atoms with Gasteiger partial charge in [0.05, 0.1) is 6.10 Å². The predicted octanol–water partition coefficient (Wildman–Crippen LogP) is 1.10. The fourth-order valence-electron chi connectivity index (χ4n) is 0.929. The van der Waals surface area contributed by atoms with Crippen LogP contribution in [0.15, 0.2) is 30.3 Å². The van der Waals surface area contributed by atoms with Crippen molar-refractivity contribution >= 4 is 0 Å². The van der Waals surface area contributed by atoms with Gasteiger partial charge in [-0.15, -0.1) is 0 Å². The molecule has 0 fully saturated rings. The molecule has 2 N–H and O–H groups in total. The van der Waals surface area contributed by atoms with Gasteiger partial charge in [0.15, 0.2) is 0 Å². The lowest BCUT2D eigenvalue weighted by Gasteiger charge is -2.12. The zero-order valence-corrected chi connectivity index (χ0v) is 6.44. The van der Waals surface area contributed by atoms with Crippen LogP contribution in [-0.2, 0) is 0 Å². The van der Waals surface area contributed by atoms with Gasteiger partial charge in [0.25, 0.3) is 0 Å². The lowest BCUT2D eigenvalue weighted by molar-refractivity contribution is 0.0305. The first-order chi connectivity index (χ1) is 5.22. The minimum atomic E-state index is -0.767. The minimum absolute atomic E-state index is 0.711. The van der Waals surface area contributed by atoms with Crippen molar-refractivity contribution in [3.8, 4) is 0 Å². The molecule has 0 bridgehead atoms. The van der Waals surface area contributed by atoms with E-state index in [2.05, 4.69) is 0 Å². The Bertz CT molecular complexity index is 206. The molecule has 0 saturated carbocycles. The Balaban J connectivity index is 2.77. The Morgan fingerprint density at radius 2 is 1.64 bits per heavy atom. The third-order valence-corrected chi connectivity index (χ3v) is 1.60. The summed E-state index contributed by atoms with van der Waals surface area (Å²) in [7, 11) is 0. The molecule has 2 heteroatoms. The highest BCUT2D eigenvalue weighted by Crippen LogP contribution is 2.15. The predicted molar refractivity (Wildman–Crippen MR) is 43.1 cm³/mol. The maximum atomic E-state index is 9.35. The Morgan fingerprint density at radius 1 is 1.09 bits per heavy atom. The van der Waals surface area contributed by atoms with E-state index in [1.165, 1.54) is 0 Å². The van der Waals surface area contributed by atoms with E-state index in [4.69, 9.17) is 5.11 Å². The summed E-state index contributed by atoms with van der Waals surface area (Å²) in [4.78, 5) is 0. The molecule has 1 aromatic rings. The lowest BCUT2D eigenvalue weighted by atomic mass is 10.1. The summed E-state index contributed by atoms with van der Waals surface area (Å²) in [6.45, 7) is 1.57. The molecule has 0 saturated heterocycles. The van der Waals surface area contributed by atoms with Gasteiger partial charge < -0.3 is 10.2 Å². The Labute approximate surface area is 66.1 Å². The normalized spacial score (nSPS) is 15.9. The van der Waals surface area contributed by atoms with Crippen LogP contribution in [0.2, 0.25) is 0 Å². The number of aliphatic hydroxyl groups excluding tert-OH is 2. The summed E-state index contributed by atoms with van der Waals surface area (Å²) in [5.74, 6) is 0. The average molecular weight is 152 g/mol. The molecular formula is C9H12O2. The lowest BCUT2D eigenvalue weighted by Crippen LogP contribution is -2.13. The number of aliphatic hydroxyl groups is 2. The van der Waals surface area contributed by atoms with Gasteiger partial charge in [0.2, 0.25) is 0 Å². The first-order valence-electron chi connectivity index (χ1n) is 3.63. The molecule has 0 aromatic heterocycles. The van der Waals surface area contributed by atoms with Gasteiger partial charge in [-0.1, -0.05) is 30.3 Å². The first kappa shape index (κ1) is 8.24. The van der Waals surface area contributed by atoms with Crippen LogP contribution in [0.5, 0.6) is 0 Å². The average Bonchev–Trinajstić information content (AvgIpc) is 2.05. The van der Waals surface area contributed by atoms with E-state index in [9.17, 15) is 5.11 Å². The summed E-state index contributed by atoms with van der Waals surface area (Å²) in [6, 6.07) is 9.12. The van der Waals surface area contributed by atoms with Crippen LogP contribution in [0.3, 0.4) is 0 Å². The molecule has 1 rings (SSSR count). The van der Waals surface area contributed by atoms with Crippen LogP contribution < -0.4 is 0 Å². The molecule has 0 heterocycles. The van der Waals surface area contributed by atoms with E-state index in [1.807, 2.05) is 18.2 Å². The quantitative estimate of drug-likeness (QED) is 0.666. The molecule has 0 unspecified atom stereocenters. The first-order valence-corrected chi connectivity index (χ1v) is 3.63. The van der Waals surface area contributed by atoms with Crippen LogP contribution in [0, 0.1) is 0 Å². The second-order valence-electron chi connectivity index (χ2n) is 2.60. The van der Waals surface area contributed by atoms with Gasteiger partial charge in [-0.05, 0) is 12.5 Å². The molecule has 0 radical (unpaired) electrons. The summed E-state index contributed by atoms with van der Waals surface area (Å²) in [5.41, 5.74) is 0.752. The highest BCUT2D eigenvalue weighted by molar-refractivity contribution is 5.17. The van der Waals surface area contributed by atoms with E-state index < -0.39 is 12.2 Å². The summed E-state index contributed by atoms with van der Waals surface area (Å²) >= 11 is 0. The highest BCUT2D eigenvalue weighted by atomic mass is 16.3. The second kappa shape index (κ2) is 3.51. The standard InChI is InChI=1S/C9H12O2/c1-7(10)9(11)8-5-3-2-4-6-8/h2-7,9-11H,1H3/t7-,9-/m1/s1. The summed E-state index contributed by atoms with van der Waals surface area (Å²) < 4.78 is 0. The molecule has 0 spiro atoms. The summed E-state index contributed by atoms with van der Waals surface area (Å²) in [5, 5.41) is 18.4. The maximum absolute atomic E-state index is 9.35. The van der Waals surface area contributed by atoms with Gasteiger partial charge in [0, 0.05) is 0 Å². The zero-order valence-electron chi connectivity index (χ0n) is 6.44. The fraction of sp³-hybridized carbons (Fsp3) is 0.333. The van der Waals surface area contributed by atoms with Crippen molar-refractivity contribution in [1.29, 1.82) is 0 Å². The smallest absolute Gasteiger partial charge is 0.105 e. The van der Waals surface area contributed by atoms with Gasteiger partial charge in [-0.2, -0.15) is 0 Å². The maximum Gasteiger partial charge on any atom is 0.105 e. The van der Waals surface area contributed by atoms with Crippen molar-refractivity contribution in [2.45, 2.75) is 19.1 Å². The molecule has 0 amide bonds. The highest BCUT2D eigenvalue weighted by Gasteiger charge is 2.11. The van der Waals surface area contributed by atoms with Crippen molar-refractivity contribution < 1.29 is 10.2 Å². The Kier molecular flexibility index (Phi) is 2.63. The van der Waals surface area contributed by atoms with E-state index in [-0.39, 0.29) is 0 Å². The molecule has 2 atom stereocenters. The van der Waals surface area contributed by atoms with E-state index in [1.54, 1.807) is 19.1 Å². The number of hydrogen-bond acceptors (Lipinski definition) is 2. The van der Waals surface area contributed by atoms with E-state index in [0.717, 1.165) is 5.56 Å². The fourth-order valence-corrected chi connectivity index (χ4v) is 0.929. The monoisotopic (exact) mass is 152 g/mol. The molecule has 0 aliphatic heterocycles. The van der Waals surface area contributed by atoms with Crippen molar-refractivity contribution in [3.63, 3.8) is 0 Å². The van der Waals surface area contributed by atoms with Gasteiger partial charge in [-0.3, -0.25) is 0 Å². The van der Waals surface area contributed by atoms with E-state index in [0.29, 0.717) is 0 Å². The molecule has 1 aromatic carbocycles. The van der Waals surface area contributed by atoms with Gasteiger partial charge in [0.1, 0.15) is 6.10 Å².